The van der Waals surface area contributed by atoms with Gasteiger partial charge >= 0.3 is 0 Å². The second-order valence-corrected chi connectivity index (χ2v) is 5.21. The number of fused-ring (bicyclic) bond motifs is 1. The number of aromatic amines is 1. The van der Waals surface area contributed by atoms with Gasteiger partial charge in [0.2, 0.25) is 5.88 Å². The van der Waals surface area contributed by atoms with Crippen molar-refractivity contribution in [3.63, 3.8) is 0 Å². The number of H-pyrrole nitrogens is 1. The Morgan fingerprint density at radius 2 is 2.20 bits per heavy atom. The monoisotopic (exact) mass is 305 g/mol. The highest BCUT2D eigenvalue weighted by molar-refractivity contribution is 7.71. The highest BCUT2D eigenvalue weighted by atomic mass is 35.5. The Balaban J connectivity index is 2.03. The summed E-state index contributed by atoms with van der Waals surface area (Å²) in [6.07, 6.45) is 1.78. The third-order valence-electron chi connectivity index (χ3n) is 3.08. The van der Waals surface area contributed by atoms with Gasteiger partial charge in [-0.3, -0.25) is 0 Å². The van der Waals surface area contributed by atoms with E-state index < -0.39 is 0 Å². The van der Waals surface area contributed by atoms with E-state index in [1.165, 1.54) is 0 Å². The van der Waals surface area contributed by atoms with Gasteiger partial charge in [-0.2, -0.15) is 0 Å². The van der Waals surface area contributed by atoms with Crippen molar-refractivity contribution in [3.05, 3.63) is 51.9 Å². The highest BCUT2D eigenvalue weighted by Crippen LogP contribution is 2.20. The fourth-order valence-corrected chi connectivity index (χ4v) is 2.53. The minimum Gasteiger partial charge on any atom is -0.481 e. The second-order valence-electron chi connectivity index (χ2n) is 4.39. The van der Waals surface area contributed by atoms with E-state index in [4.69, 9.17) is 28.6 Å². The molecule has 1 aromatic carbocycles. The lowest BCUT2D eigenvalue weighted by atomic mass is 10.2. The molecular weight excluding hydrogens is 294 g/mol. The Bertz CT molecular complexity index is 807. The standard InChI is InChI=1S/C14H12ClN3OS/c1-19-13-5-2-9(7-16-13)8-18-12-6-10(15)3-4-11(12)17-14(18)20/h2-7H,8H2,1H3,(H,17,20). The fraction of sp³-hybridized carbons (Fsp3) is 0.143. The second kappa shape index (κ2) is 5.26. The molecule has 0 radical (unpaired) electrons. The number of halogens is 1. The van der Waals surface area contributed by atoms with Crippen LogP contribution in [0.2, 0.25) is 5.02 Å². The maximum atomic E-state index is 6.05. The molecule has 0 atom stereocenters. The number of rotatable bonds is 3. The van der Waals surface area contributed by atoms with Gasteiger partial charge < -0.3 is 14.3 Å². The van der Waals surface area contributed by atoms with Crippen LogP contribution in [-0.4, -0.2) is 21.6 Å². The van der Waals surface area contributed by atoms with Crippen molar-refractivity contribution in [3.8, 4) is 5.88 Å². The van der Waals surface area contributed by atoms with Crippen LogP contribution in [0, 0.1) is 4.77 Å². The summed E-state index contributed by atoms with van der Waals surface area (Å²) >= 11 is 11.4. The lowest BCUT2D eigenvalue weighted by Crippen LogP contribution is -2.00. The van der Waals surface area contributed by atoms with Gasteiger partial charge in [-0.1, -0.05) is 17.7 Å². The number of pyridine rings is 1. The smallest absolute Gasteiger partial charge is 0.212 e. The maximum Gasteiger partial charge on any atom is 0.212 e. The summed E-state index contributed by atoms with van der Waals surface area (Å²) in [6.45, 7) is 0.635. The SMILES string of the molecule is COc1ccc(Cn2c(=S)[nH]c3ccc(Cl)cc32)cn1. The molecule has 0 aliphatic rings. The molecule has 0 fully saturated rings. The predicted molar refractivity (Wildman–Crippen MR) is 82.0 cm³/mol. The summed E-state index contributed by atoms with van der Waals surface area (Å²) in [6, 6.07) is 9.47. The lowest BCUT2D eigenvalue weighted by Gasteiger charge is -2.05. The van der Waals surface area contributed by atoms with Crippen molar-refractivity contribution in [1.29, 1.82) is 0 Å². The van der Waals surface area contributed by atoms with E-state index in [0.29, 0.717) is 22.2 Å². The number of methoxy groups -OCH3 is 1. The number of imidazole rings is 1. The van der Waals surface area contributed by atoms with Crippen LogP contribution in [0.25, 0.3) is 11.0 Å². The zero-order valence-corrected chi connectivity index (χ0v) is 12.3. The summed E-state index contributed by atoms with van der Waals surface area (Å²) in [4.78, 5) is 7.37. The van der Waals surface area contributed by atoms with Gasteiger partial charge in [-0.25, -0.2) is 4.98 Å². The average Bonchev–Trinajstić information content (AvgIpc) is 2.76. The molecular formula is C14H12ClN3OS. The van der Waals surface area contributed by atoms with Gasteiger partial charge in [-0.15, -0.1) is 0 Å². The number of hydrogen-bond acceptors (Lipinski definition) is 3. The molecule has 0 saturated carbocycles. The molecule has 0 saturated heterocycles. The molecule has 3 aromatic rings. The van der Waals surface area contributed by atoms with Gasteiger partial charge in [0.05, 0.1) is 24.7 Å². The van der Waals surface area contributed by atoms with E-state index in [1.807, 2.05) is 34.9 Å². The Labute approximate surface area is 126 Å². The molecule has 1 N–H and O–H groups in total. The Morgan fingerprint density at radius 1 is 1.35 bits per heavy atom. The molecule has 3 rings (SSSR count). The molecule has 4 nitrogen and oxygen atoms in total. The summed E-state index contributed by atoms with van der Waals surface area (Å²) in [5, 5.41) is 0.688. The topological polar surface area (TPSA) is 42.8 Å². The summed E-state index contributed by atoms with van der Waals surface area (Å²) in [7, 11) is 1.60. The minimum absolute atomic E-state index is 0.597. The minimum atomic E-state index is 0.597. The zero-order valence-electron chi connectivity index (χ0n) is 10.8. The molecule has 102 valence electrons. The molecule has 0 bridgehead atoms. The van der Waals surface area contributed by atoms with Crippen LogP contribution in [-0.2, 0) is 6.54 Å². The van der Waals surface area contributed by atoms with Crippen LogP contribution >= 0.6 is 23.8 Å². The highest BCUT2D eigenvalue weighted by Gasteiger charge is 2.06. The molecule has 2 aromatic heterocycles. The first-order valence-electron chi connectivity index (χ1n) is 6.04. The molecule has 2 heterocycles. The number of aromatic nitrogens is 3. The molecule has 0 aliphatic carbocycles. The van der Waals surface area contributed by atoms with E-state index in [9.17, 15) is 0 Å². The average molecular weight is 306 g/mol. The van der Waals surface area contributed by atoms with Gasteiger partial charge in [0, 0.05) is 17.3 Å². The van der Waals surface area contributed by atoms with Gasteiger partial charge in [0.1, 0.15) is 0 Å². The number of nitrogens with one attached hydrogen (secondary N) is 1. The first-order chi connectivity index (χ1) is 9.67. The van der Waals surface area contributed by atoms with Crippen LogP contribution in [0.4, 0.5) is 0 Å². The van der Waals surface area contributed by atoms with Crippen molar-refractivity contribution in [2.45, 2.75) is 6.54 Å². The van der Waals surface area contributed by atoms with E-state index in [1.54, 1.807) is 13.3 Å². The fourth-order valence-electron chi connectivity index (χ4n) is 2.09. The van der Waals surface area contributed by atoms with Crippen molar-refractivity contribution in [2.75, 3.05) is 7.11 Å². The van der Waals surface area contributed by atoms with Crippen molar-refractivity contribution in [2.24, 2.45) is 0 Å². The zero-order chi connectivity index (χ0) is 14.1. The Hall–Kier alpha value is -1.85. The summed E-state index contributed by atoms with van der Waals surface area (Å²) in [5.74, 6) is 0.597. The third kappa shape index (κ3) is 2.42. The normalized spacial score (nSPS) is 10.9. The Kier molecular flexibility index (Phi) is 3.46. The summed E-state index contributed by atoms with van der Waals surface area (Å²) in [5.41, 5.74) is 3.00. The van der Waals surface area contributed by atoms with Gasteiger partial charge in [0.15, 0.2) is 4.77 Å². The number of ether oxygens (including phenoxy) is 1. The van der Waals surface area contributed by atoms with Crippen LogP contribution in [0.15, 0.2) is 36.5 Å². The van der Waals surface area contributed by atoms with E-state index >= 15 is 0 Å². The van der Waals surface area contributed by atoms with E-state index in [0.717, 1.165) is 16.6 Å². The third-order valence-corrected chi connectivity index (χ3v) is 3.64. The number of benzene rings is 1. The van der Waals surface area contributed by atoms with Gasteiger partial charge in [-0.05, 0) is 36.0 Å². The van der Waals surface area contributed by atoms with Crippen molar-refractivity contribution < 1.29 is 4.74 Å². The number of hydrogen-bond donors (Lipinski definition) is 1. The molecule has 6 heteroatoms. The van der Waals surface area contributed by atoms with Crippen molar-refractivity contribution >= 4 is 34.9 Å². The van der Waals surface area contributed by atoms with E-state index in [-0.39, 0.29) is 0 Å². The first kappa shape index (κ1) is 13.1. The van der Waals surface area contributed by atoms with E-state index in [2.05, 4.69) is 9.97 Å². The van der Waals surface area contributed by atoms with Crippen LogP contribution < -0.4 is 4.74 Å². The summed E-state index contributed by atoms with van der Waals surface area (Å²) < 4.78 is 7.72. The molecule has 20 heavy (non-hydrogen) atoms. The molecule has 0 unspecified atom stereocenters. The number of nitrogens with zero attached hydrogens (tertiary/aromatic N) is 2. The van der Waals surface area contributed by atoms with Crippen LogP contribution in [0.1, 0.15) is 5.56 Å². The molecule has 0 aliphatic heterocycles. The van der Waals surface area contributed by atoms with Crippen LogP contribution in [0.5, 0.6) is 5.88 Å². The van der Waals surface area contributed by atoms with Crippen LogP contribution in [0.3, 0.4) is 0 Å². The van der Waals surface area contributed by atoms with Gasteiger partial charge in [0.25, 0.3) is 0 Å². The first-order valence-corrected chi connectivity index (χ1v) is 6.83. The Morgan fingerprint density at radius 3 is 2.90 bits per heavy atom. The molecule has 0 amide bonds. The maximum absolute atomic E-state index is 6.05. The quantitative estimate of drug-likeness (QED) is 0.748. The van der Waals surface area contributed by atoms with Crippen molar-refractivity contribution in [1.82, 2.24) is 14.5 Å². The molecule has 0 spiro atoms. The lowest BCUT2D eigenvalue weighted by molar-refractivity contribution is 0.397. The predicted octanol–water partition coefficient (Wildman–Crippen LogP) is 3.80. The largest absolute Gasteiger partial charge is 0.481 e.